The number of anilines is 2. The molecule has 0 radical (unpaired) electrons. The van der Waals surface area contributed by atoms with Gasteiger partial charge in [-0.3, -0.25) is 4.72 Å². The number of rotatable bonds is 7. The highest BCUT2D eigenvalue weighted by Crippen LogP contribution is 2.27. The van der Waals surface area contributed by atoms with E-state index in [0.29, 0.717) is 11.0 Å². The average molecular weight is 441 g/mol. The molecule has 1 atom stereocenters. The number of sulfonamides is 1. The second-order valence-corrected chi connectivity index (χ2v) is 9.43. The Morgan fingerprint density at radius 2 is 1.60 bits per heavy atom. The van der Waals surface area contributed by atoms with Crippen molar-refractivity contribution < 1.29 is 13.5 Å². The summed E-state index contributed by atoms with van der Waals surface area (Å²) in [5, 5.41) is 17.6. The number of benzene rings is 2. The molecule has 0 spiro atoms. The minimum absolute atomic E-state index is 0.0682. The maximum absolute atomic E-state index is 12.8. The average Bonchev–Trinajstić information content (AvgIpc) is 3.29. The Balaban J connectivity index is 1.69. The van der Waals surface area contributed by atoms with Gasteiger partial charge in [0.15, 0.2) is 11.6 Å². The highest BCUT2D eigenvalue weighted by Gasteiger charge is 2.25. The van der Waals surface area contributed by atoms with E-state index in [0.717, 1.165) is 5.56 Å². The van der Waals surface area contributed by atoms with Crippen molar-refractivity contribution in [1.82, 2.24) is 9.97 Å². The van der Waals surface area contributed by atoms with E-state index in [-0.39, 0.29) is 23.1 Å². The van der Waals surface area contributed by atoms with Gasteiger partial charge < -0.3 is 10.4 Å². The largest absolute Gasteiger partial charge is 0.384 e. The molecule has 2 aromatic carbocycles. The summed E-state index contributed by atoms with van der Waals surface area (Å²) in [6, 6.07) is 17.1. The lowest BCUT2D eigenvalue weighted by Crippen LogP contribution is -2.31. The predicted octanol–water partition coefficient (Wildman–Crippen LogP) is 3.81. The van der Waals surface area contributed by atoms with Crippen molar-refractivity contribution in [2.75, 3.05) is 16.6 Å². The predicted molar refractivity (Wildman–Crippen MR) is 119 cm³/mol. The Morgan fingerprint density at radius 1 is 0.967 bits per heavy atom. The number of hydrogen-bond acceptors (Lipinski definition) is 7. The van der Waals surface area contributed by atoms with Crippen LogP contribution in [0, 0.1) is 0 Å². The van der Waals surface area contributed by atoms with Crippen LogP contribution in [0.15, 0.2) is 76.3 Å². The van der Waals surface area contributed by atoms with Crippen LogP contribution in [0.4, 0.5) is 11.6 Å². The third-order valence-corrected chi connectivity index (χ3v) is 6.64. The third kappa shape index (κ3) is 4.28. The maximum Gasteiger partial charge on any atom is 0.263 e. The third-order valence-electron chi connectivity index (χ3n) is 4.60. The van der Waals surface area contributed by atoms with Crippen LogP contribution in [0.1, 0.15) is 12.5 Å². The van der Waals surface area contributed by atoms with E-state index in [4.69, 9.17) is 0 Å². The molecule has 2 heterocycles. The van der Waals surface area contributed by atoms with Crippen LogP contribution < -0.4 is 10.0 Å². The molecule has 4 rings (SSSR count). The number of para-hydroxylation sites is 2. The molecule has 0 aliphatic carbocycles. The van der Waals surface area contributed by atoms with Gasteiger partial charge in [0, 0.05) is 6.54 Å². The molecule has 30 heavy (non-hydrogen) atoms. The molecule has 0 amide bonds. The molecule has 0 saturated carbocycles. The first-order valence-electron chi connectivity index (χ1n) is 9.19. The molecule has 0 aliphatic heterocycles. The van der Waals surface area contributed by atoms with Gasteiger partial charge in [-0.1, -0.05) is 30.3 Å². The maximum atomic E-state index is 12.8. The summed E-state index contributed by atoms with van der Waals surface area (Å²) in [6.45, 7) is 1.81. The molecule has 2 aromatic heterocycles. The molecule has 7 nitrogen and oxygen atoms in total. The molecular formula is C21H20N4O3S2. The zero-order valence-corrected chi connectivity index (χ0v) is 17.7. The fourth-order valence-electron chi connectivity index (χ4n) is 2.91. The minimum Gasteiger partial charge on any atom is -0.384 e. The van der Waals surface area contributed by atoms with Gasteiger partial charge in [0.05, 0.1) is 15.9 Å². The number of fused-ring (bicyclic) bond motifs is 1. The Bertz CT molecular complexity index is 1260. The second-order valence-electron chi connectivity index (χ2n) is 6.97. The van der Waals surface area contributed by atoms with Crippen molar-refractivity contribution in [1.29, 1.82) is 0 Å². The van der Waals surface area contributed by atoms with Crippen LogP contribution in [0.2, 0.25) is 0 Å². The standard InChI is InChI=1S/C21H20N4O3S2/c1-21(26,15-11-12-29-13-15)14-22-19-20(24-18-10-6-5-9-17(18)23-19)25-30(27,28)16-7-3-2-4-8-16/h2-13,26H,14H2,1H3,(H,22,23)(H,24,25). The number of thiophene rings is 1. The topological polar surface area (TPSA) is 104 Å². The van der Waals surface area contributed by atoms with Gasteiger partial charge in [0.25, 0.3) is 10.0 Å². The summed E-state index contributed by atoms with van der Waals surface area (Å²) < 4.78 is 28.2. The van der Waals surface area contributed by atoms with Crippen molar-refractivity contribution in [2.45, 2.75) is 17.4 Å². The molecule has 9 heteroatoms. The summed E-state index contributed by atoms with van der Waals surface area (Å²) in [6.07, 6.45) is 0. The smallest absolute Gasteiger partial charge is 0.263 e. The summed E-state index contributed by atoms with van der Waals surface area (Å²) in [5.74, 6) is 0.308. The molecular weight excluding hydrogens is 420 g/mol. The molecule has 1 unspecified atom stereocenters. The fourth-order valence-corrected chi connectivity index (χ4v) is 4.72. The monoisotopic (exact) mass is 440 g/mol. The minimum atomic E-state index is -3.85. The van der Waals surface area contributed by atoms with Crippen LogP contribution in [0.5, 0.6) is 0 Å². The van der Waals surface area contributed by atoms with Crippen LogP contribution in [0.25, 0.3) is 11.0 Å². The molecule has 0 bridgehead atoms. The molecule has 0 saturated heterocycles. The number of aliphatic hydroxyl groups is 1. The quantitative estimate of drug-likeness (QED) is 0.404. The van der Waals surface area contributed by atoms with Crippen molar-refractivity contribution in [2.24, 2.45) is 0 Å². The molecule has 0 aliphatic rings. The molecule has 154 valence electrons. The number of aromatic nitrogens is 2. The Morgan fingerprint density at radius 3 is 2.23 bits per heavy atom. The van der Waals surface area contributed by atoms with Crippen LogP contribution in [0.3, 0.4) is 0 Å². The molecule has 3 N–H and O–H groups in total. The van der Waals surface area contributed by atoms with E-state index in [9.17, 15) is 13.5 Å². The van der Waals surface area contributed by atoms with E-state index in [1.54, 1.807) is 43.3 Å². The van der Waals surface area contributed by atoms with Crippen molar-refractivity contribution in [3.05, 3.63) is 77.0 Å². The SMILES string of the molecule is CC(O)(CNc1nc2ccccc2nc1NS(=O)(=O)c1ccccc1)c1ccsc1. The number of nitrogens with one attached hydrogen (secondary N) is 2. The Hall–Kier alpha value is -3.01. The van der Waals surface area contributed by atoms with Gasteiger partial charge >= 0.3 is 0 Å². The molecule has 4 aromatic rings. The van der Waals surface area contributed by atoms with Crippen molar-refractivity contribution >= 4 is 44.0 Å². The summed E-state index contributed by atoms with van der Waals surface area (Å²) >= 11 is 1.49. The van der Waals surface area contributed by atoms with Gasteiger partial charge in [-0.25, -0.2) is 18.4 Å². The van der Waals surface area contributed by atoms with Gasteiger partial charge in [0.1, 0.15) is 5.60 Å². The number of nitrogens with zero attached hydrogens (tertiary/aromatic N) is 2. The summed E-state index contributed by atoms with van der Waals surface area (Å²) in [7, 11) is -3.85. The first-order chi connectivity index (χ1) is 14.4. The van der Waals surface area contributed by atoms with Gasteiger partial charge in [-0.2, -0.15) is 11.3 Å². The fraction of sp³-hybridized carbons (Fsp3) is 0.143. The van der Waals surface area contributed by atoms with E-state index >= 15 is 0 Å². The summed E-state index contributed by atoms with van der Waals surface area (Å²) in [5.41, 5.74) is 0.763. The van der Waals surface area contributed by atoms with Crippen molar-refractivity contribution in [3.63, 3.8) is 0 Å². The zero-order chi connectivity index (χ0) is 21.2. The van der Waals surface area contributed by atoms with E-state index in [1.165, 1.54) is 23.5 Å². The lowest BCUT2D eigenvalue weighted by Gasteiger charge is -2.24. The highest BCUT2D eigenvalue weighted by molar-refractivity contribution is 7.92. The zero-order valence-electron chi connectivity index (χ0n) is 16.1. The number of hydrogen-bond donors (Lipinski definition) is 3. The lowest BCUT2D eigenvalue weighted by atomic mass is 9.99. The summed E-state index contributed by atoms with van der Waals surface area (Å²) in [4.78, 5) is 9.10. The lowest BCUT2D eigenvalue weighted by molar-refractivity contribution is 0.0719. The Labute approximate surface area is 178 Å². The first kappa shape index (κ1) is 20.3. The van der Waals surface area contributed by atoms with E-state index in [2.05, 4.69) is 20.0 Å². The van der Waals surface area contributed by atoms with Gasteiger partial charge in [-0.15, -0.1) is 0 Å². The first-order valence-corrected chi connectivity index (χ1v) is 11.6. The molecule has 0 fully saturated rings. The van der Waals surface area contributed by atoms with Crippen molar-refractivity contribution in [3.8, 4) is 0 Å². The second kappa shape index (κ2) is 8.02. The van der Waals surface area contributed by atoms with Crippen LogP contribution >= 0.6 is 11.3 Å². The van der Waals surface area contributed by atoms with E-state index in [1.807, 2.05) is 22.9 Å². The van der Waals surface area contributed by atoms with Gasteiger partial charge in [0.2, 0.25) is 0 Å². The van der Waals surface area contributed by atoms with E-state index < -0.39 is 15.6 Å². The van der Waals surface area contributed by atoms with Crippen LogP contribution in [-0.2, 0) is 15.6 Å². The van der Waals surface area contributed by atoms with Crippen LogP contribution in [-0.4, -0.2) is 30.0 Å². The normalized spacial score (nSPS) is 13.7. The highest BCUT2D eigenvalue weighted by atomic mass is 32.2. The Kier molecular flexibility index (Phi) is 5.42. The van der Waals surface area contributed by atoms with Gasteiger partial charge in [-0.05, 0) is 53.6 Å².